The number of rotatable bonds is 1. The summed E-state index contributed by atoms with van der Waals surface area (Å²) in [5.41, 5.74) is 0.983. The van der Waals surface area contributed by atoms with Gasteiger partial charge in [0.15, 0.2) is 0 Å². The van der Waals surface area contributed by atoms with E-state index < -0.39 is 0 Å². The Balaban J connectivity index is 2.27. The molecule has 4 heteroatoms. The fourth-order valence-corrected chi connectivity index (χ4v) is 3.26. The van der Waals surface area contributed by atoms with Crippen molar-refractivity contribution >= 4 is 27.8 Å². The molecular weight excluding hydrogens is 235 g/mol. The predicted octanol–water partition coefficient (Wildman–Crippen LogP) is 3.54. The summed E-state index contributed by atoms with van der Waals surface area (Å²) >= 11 is 1.62. The van der Waals surface area contributed by atoms with Crippen LogP contribution in [0.4, 0.5) is 4.39 Å². The normalized spacial score (nSPS) is 18.6. The number of aliphatic imine (C=N–C) groups is 1. The minimum Gasteiger partial charge on any atom is -0.353 e. The molecule has 0 spiro atoms. The Bertz CT molecular complexity index is 616. The van der Waals surface area contributed by atoms with E-state index in [0.29, 0.717) is 5.39 Å². The molecule has 2 heterocycles. The van der Waals surface area contributed by atoms with Crippen molar-refractivity contribution in [2.45, 2.75) is 13.0 Å². The summed E-state index contributed by atoms with van der Waals surface area (Å²) in [6.07, 6.45) is 5.43. The monoisotopic (exact) mass is 246 g/mol. The third-order valence-electron chi connectivity index (χ3n) is 2.87. The van der Waals surface area contributed by atoms with Crippen molar-refractivity contribution in [1.82, 2.24) is 5.32 Å². The second-order valence-corrected chi connectivity index (χ2v) is 5.19. The quantitative estimate of drug-likeness (QED) is 0.817. The van der Waals surface area contributed by atoms with Gasteiger partial charge in [0.05, 0.1) is 12.4 Å². The van der Waals surface area contributed by atoms with Crippen LogP contribution >= 0.6 is 11.3 Å². The molecule has 3 rings (SSSR count). The van der Waals surface area contributed by atoms with Gasteiger partial charge in [-0.05, 0) is 25.1 Å². The molecule has 86 valence electrons. The molecular formula is C13H11FN2S. The number of nitrogens with one attached hydrogen (secondary N) is 1. The third kappa shape index (κ3) is 1.65. The molecule has 17 heavy (non-hydrogen) atoms. The summed E-state index contributed by atoms with van der Waals surface area (Å²) in [5.74, 6) is -0.163. The van der Waals surface area contributed by atoms with Gasteiger partial charge in [-0.1, -0.05) is 6.07 Å². The molecule has 1 unspecified atom stereocenters. The second-order valence-electron chi connectivity index (χ2n) is 3.93. The zero-order valence-corrected chi connectivity index (χ0v) is 10.1. The molecule has 0 fully saturated rings. The Morgan fingerprint density at radius 3 is 3.06 bits per heavy atom. The van der Waals surface area contributed by atoms with Gasteiger partial charge < -0.3 is 5.32 Å². The molecule has 1 aliphatic rings. The first-order chi connectivity index (χ1) is 8.27. The number of fused-ring (bicyclic) bond motifs is 1. The molecule has 0 bridgehead atoms. The van der Waals surface area contributed by atoms with Crippen LogP contribution in [-0.2, 0) is 0 Å². The first kappa shape index (κ1) is 10.5. The largest absolute Gasteiger partial charge is 0.353 e. The van der Waals surface area contributed by atoms with Gasteiger partial charge in [-0.25, -0.2) is 4.39 Å². The molecule has 1 aliphatic heterocycles. The fourth-order valence-electron chi connectivity index (χ4n) is 2.14. The van der Waals surface area contributed by atoms with Crippen molar-refractivity contribution in [1.29, 1.82) is 0 Å². The van der Waals surface area contributed by atoms with E-state index in [2.05, 4.69) is 10.3 Å². The van der Waals surface area contributed by atoms with Crippen molar-refractivity contribution in [3.8, 4) is 0 Å². The molecule has 0 saturated heterocycles. The number of nitrogens with zero attached hydrogens (tertiary/aromatic N) is 1. The van der Waals surface area contributed by atoms with Crippen molar-refractivity contribution < 1.29 is 4.39 Å². The zero-order chi connectivity index (χ0) is 11.8. The summed E-state index contributed by atoms with van der Waals surface area (Å²) in [6, 6.07) is 5.13. The van der Waals surface area contributed by atoms with Crippen molar-refractivity contribution in [2.24, 2.45) is 4.99 Å². The van der Waals surface area contributed by atoms with E-state index in [1.807, 2.05) is 25.3 Å². The predicted molar refractivity (Wildman–Crippen MR) is 70.0 cm³/mol. The minimum atomic E-state index is -0.163. The van der Waals surface area contributed by atoms with Crippen LogP contribution in [0, 0.1) is 12.7 Å². The number of halogens is 1. The number of hydrogen-bond acceptors (Lipinski definition) is 3. The Morgan fingerprint density at radius 2 is 2.29 bits per heavy atom. The average Bonchev–Trinajstić information content (AvgIpc) is 2.68. The molecule has 0 aliphatic carbocycles. The first-order valence-electron chi connectivity index (χ1n) is 5.39. The van der Waals surface area contributed by atoms with Gasteiger partial charge in [0.1, 0.15) is 5.82 Å². The van der Waals surface area contributed by atoms with Gasteiger partial charge in [0.25, 0.3) is 0 Å². The average molecular weight is 246 g/mol. The Kier molecular flexibility index (Phi) is 2.44. The molecule has 0 saturated carbocycles. The lowest BCUT2D eigenvalue weighted by atomic mass is 10.0. The van der Waals surface area contributed by atoms with Gasteiger partial charge >= 0.3 is 0 Å². The van der Waals surface area contributed by atoms with Crippen LogP contribution in [0.15, 0.2) is 35.5 Å². The van der Waals surface area contributed by atoms with Gasteiger partial charge in [-0.15, -0.1) is 11.3 Å². The second kappa shape index (κ2) is 3.96. The molecule has 0 amide bonds. The molecule has 2 nitrogen and oxygen atoms in total. The van der Waals surface area contributed by atoms with E-state index in [-0.39, 0.29) is 11.9 Å². The highest BCUT2D eigenvalue weighted by atomic mass is 32.1. The fraction of sp³-hybridized carbons (Fsp3) is 0.154. The Hall–Kier alpha value is -1.68. The van der Waals surface area contributed by atoms with Crippen LogP contribution in [0.25, 0.3) is 10.1 Å². The molecule has 1 aromatic heterocycles. The summed E-state index contributed by atoms with van der Waals surface area (Å²) in [4.78, 5) is 5.46. The minimum absolute atomic E-state index is 0.0816. The van der Waals surface area contributed by atoms with E-state index in [0.717, 1.165) is 15.1 Å². The molecule has 1 aromatic carbocycles. The van der Waals surface area contributed by atoms with Gasteiger partial charge in [0, 0.05) is 26.7 Å². The zero-order valence-electron chi connectivity index (χ0n) is 9.27. The van der Waals surface area contributed by atoms with Gasteiger partial charge in [0.2, 0.25) is 0 Å². The number of aryl methyl sites for hydroxylation is 1. The smallest absolute Gasteiger partial charge is 0.132 e. The van der Waals surface area contributed by atoms with E-state index in [1.165, 1.54) is 6.07 Å². The first-order valence-corrected chi connectivity index (χ1v) is 6.21. The lowest BCUT2D eigenvalue weighted by Gasteiger charge is -2.12. The van der Waals surface area contributed by atoms with Crippen LogP contribution in [0.1, 0.15) is 16.5 Å². The third-order valence-corrected chi connectivity index (χ3v) is 3.95. The maximum absolute atomic E-state index is 13.9. The standard InChI is InChI=1S/C13H11FN2S/c1-8-12(10-5-6-15-7-16-10)13-9(14)3-2-4-11(13)17-8/h2-7,10H,1H3,(H,15,16). The SMILES string of the molecule is Cc1sc2cccc(F)c2c1C1C=CNC=N1. The summed E-state index contributed by atoms with van der Waals surface area (Å²) < 4.78 is 14.9. The van der Waals surface area contributed by atoms with Gasteiger partial charge in [-0.3, -0.25) is 4.99 Å². The van der Waals surface area contributed by atoms with Crippen molar-refractivity contribution in [2.75, 3.05) is 0 Å². The summed E-state index contributed by atoms with van der Waals surface area (Å²) in [5, 5.41) is 3.61. The lowest BCUT2D eigenvalue weighted by molar-refractivity contribution is 0.638. The molecule has 1 N–H and O–H groups in total. The van der Waals surface area contributed by atoms with Crippen LogP contribution in [0.2, 0.25) is 0 Å². The highest BCUT2D eigenvalue weighted by Gasteiger charge is 2.19. The summed E-state index contributed by atoms with van der Waals surface area (Å²) in [7, 11) is 0. The maximum Gasteiger partial charge on any atom is 0.132 e. The summed E-state index contributed by atoms with van der Waals surface area (Å²) in [6.45, 7) is 2.02. The number of thiophene rings is 1. The van der Waals surface area contributed by atoms with E-state index in [1.54, 1.807) is 23.7 Å². The molecule has 1 atom stereocenters. The number of benzene rings is 1. The van der Waals surface area contributed by atoms with Crippen LogP contribution in [-0.4, -0.2) is 6.34 Å². The van der Waals surface area contributed by atoms with E-state index >= 15 is 0 Å². The highest BCUT2D eigenvalue weighted by Crippen LogP contribution is 2.38. The Morgan fingerprint density at radius 1 is 1.41 bits per heavy atom. The topological polar surface area (TPSA) is 24.4 Å². The molecule has 2 aromatic rings. The van der Waals surface area contributed by atoms with E-state index in [9.17, 15) is 4.39 Å². The van der Waals surface area contributed by atoms with Crippen LogP contribution < -0.4 is 5.32 Å². The number of hydrogen-bond donors (Lipinski definition) is 1. The van der Waals surface area contributed by atoms with Gasteiger partial charge in [-0.2, -0.15) is 0 Å². The molecule has 0 radical (unpaired) electrons. The highest BCUT2D eigenvalue weighted by molar-refractivity contribution is 7.19. The van der Waals surface area contributed by atoms with Crippen LogP contribution in [0.5, 0.6) is 0 Å². The van der Waals surface area contributed by atoms with E-state index in [4.69, 9.17) is 0 Å². The van der Waals surface area contributed by atoms with Crippen molar-refractivity contribution in [3.63, 3.8) is 0 Å². The van der Waals surface area contributed by atoms with Crippen molar-refractivity contribution in [3.05, 3.63) is 46.7 Å². The lowest BCUT2D eigenvalue weighted by Crippen LogP contribution is -2.09. The van der Waals surface area contributed by atoms with Crippen LogP contribution in [0.3, 0.4) is 0 Å². The Labute approximate surface area is 102 Å². The maximum atomic E-state index is 13.9.